The number of rotatable bonds is 2. The van der Waals surface area contributed by atoms with E-state index in [-0.39, 0.29) is 0 Å². The molecule has 1 aliphatic heterocycles. The highest BCUT2D eigenvalue weighted by atomic mass is 35.5. The van der Waals surface area contributed by atoms with Gasteiger partial charge in [-0.15, -0.1) is 0 Å². The summed E-state index contributed by atoms with van der Waals surface area (Å²) in [5.41, 5.74) is 0.989. The van der Waals surface area contributed by atoms with Gasteiger partial charge in [-0.1, -0.05) is 23.7 Å². The second-order valence-corrected chi connectivity index (χ2v) is 4.89. The van der Waals surface area contributed by atoms with Gasteiger partial charge in [0.2, 0.25) is 0 Å². The molecular weight excluding hydrogens is 283 g/mol. The van der Waals surface area contributed by atoms with E-state index in [1.165, 1.54) is 12.1 Å². The van der Waals surface area contributed by atoms with Crippen molar-refractivity contribution in [2.24, 2.45) is 0 Å². The number of benzene rings is 2. The molecule has 0 aromatic heterocycles. The molecule has 0 saturated heterocycles. The summed E-state index contributed by atoms with van der Waals surface area (Å²) < 4.78 is 24.1. The lowest BCUT2D eigenvalue weighted by Gasteiger charge is -2.21. The maximum Gasteiger partial charge on any atom is 0.179 e. The highest BCUT2D eigenvalue weighted by molar-refractivity contribution is 6.32. The first-order chi connectivity index (χ1) is 9.65. The average molecular weight is 295 g/mol. The molecular formula is C15H12ClFO3. The Morgan fingerprint density at radius 1 is 1.10 bits per heavy atom. The van der Waals surface area contributed by atoms with Crippen LogP contribution in [-0.2, 0) is 0 Å². The first-order valence-corrected chi connectivity index (χ1v) is 6.55. The molecule has 0 aliphatic carbocycles. The summed E-state index contributed by atoms with van der Waals surface area (Å²) in [6.45, 7) is 0.876. The van der Waals surface area contributed by atoms with Crippen molar-refractivity contribution in [2.45, 2.75) is 6.10 Å². The van der Waals surface area contributed by atoms with E-state index in [2.05, 4.69) is 0 Å². The fourth-order valence-electron chi connectivity index (χ4n) is 2.16. The number of fused-ring (bicyclic) bond motifs is 1. The summed E-state index contributed by atoms with van der Waals surface area (Å²) in [6, 6.07) is 9.08. The number of ether oxygens (including phenoxy) is 2. The topological polar surface area (TPSA) is 38.7 Å². The van der Waals surface area contributed by atoms with E-state index in [1.54, 1.807) is 24.3 Å². The molecule has 0 fully saturated rings. The summed E-state index contributed by atoms with van der Waals surface area (Å²) in [5.74, 6) is 0.576. The van der Waals surface area contributed by atoms with Gasteiger partial charge in [0.25, 0.3) is 0 Å². The van der Waals surface area contributed by atoms with E-state index in [4.69, 9.17) is 21.1 Å². The van der Waals surface area contributed by atoms with E-state index in [0.717, 1.165) is 0 Å². The van der Waals surface area contributed by atoms with Crippen LogP contribution in [0.1, 0.15) is 17.2 Å². The van der Waals surface area contributed by atoms with Crippen LogP contribution in [0, 0.1) is 5.82 Å². The molecule has 3 rings (SSSR count). The summed E-state index contributed by atoms with van der Waals surface area (Å²) in [4.78, 5) is 0. The summed E-state index contributed by atoms with van der Waals surface area (Å²) >= 11 is 6.12. The Bertz CT molecular complexity index is 645. The fraction of sp³-hybridized carbons (Fsp3) is 0.200. The highest BCUT2D eigenvalue weighted by Crippen LogP contribution is 2.40. The van der Waals surface area contributed by atoms with Gasteiger partial charge >= 0.3 is 0 Å². The van der Waals surface area contributed by atoms with Crippen molar-refractivity contribution >= 4 is 11.6 Å². The van der Waals surface area contributed by atoms with E-state index < -0.39 is 11.9 Å². The Morgan fingerprint density at radius 2 is 1.90 bits per heavy atom. The molecule has 1 unspecified atom stereocenters. The Morgan fingerprint density at radius 3 is 2.70 bits per heavy atom. The first kappa shape index (κ1) is 13.2. The SMILES string of the molecule is OC(c1cccc(F)c1)c1cc(Cl)c2c(c1)OCCO2. The predicted octanol–water partition coefficient (Wildman–Crippen LogP) is 3.33. The van der Waals surface area contributed by atoms with Gasteiger partial charge in [0.15, 0.2) is 11.5 Å². The zero-order valence-corrected chi connectivity index (χ0v) is 11.2. The summed E-state index contributed by atoms with van der Waals surface area (Å²) in [6.07, 6.45) is -0.973. The third-order valence-corrected chi connectivity index (χ3v) is 3.38. The molecule has 0 radical (unpaired) electrons. The largest absolute Gasteiger partial charge is 0.486 e. The normalized spacial score (nSPS) is 14.9. The van der Waals surface area contributed by atoms with Crippen LogP contribution in [0.5, 0.6) is 11.5 Å². The lowest BCUT2D eigenvalue weighted by Crippen LogP contribution is -2.16. The Hall–Kier alpha value is -1.78. The standard InChI is InChI=1S/C15H12ClFO3/c16-12-7-10(8-13-15(12)20-5-4-19-13)14(18)9-2-1-3-11(17)6-9/h1-3,6-8,14,18H,4-5H2. The van der Waals surface area contributed by atoms with Gasteiger partial charge in [0.05, 0.1) is 5.02 Å². The molecule has 104 valence electrons. The van der Waals surface area contributed by atoms with Crippen LogP contribution in [-0.4, -0.2) is 18.3 Å². The molecule has 5 heteroatoms. The monoisotopic (exact) mass is 294 g/mol. The molecule has 0 spiro atoms. The zero-order chi connectivity index (χ0) is 14.1. The first-order valence-electron chi connectivity index (χ1n) is 6.18. The van der Waals surface area contributed by atoms with Crippen molar-refractivity contribution in [3.63, 3.8) is 0 Å². The smallest absolute Gasteiger partial charge is 0.179 e. The van der Waals surface area contributed by atoms with Crippen LogP contribution in [0.15, 0.2) is 36.4 Å². The molecule has 0 bridgehead atoms. The van der Waals surface area contributed by atoms with Crippen molar-refractivity contribution in [3.8, 4) is 11.5 Å². The van der Waals surface area contributed by atoms with Crippen LogP contribution < -0.4 is 9.47 Å². The van der Waals surface area contributed by atoms with Crippen molar-refractivity contribution in [3.05, 3.63) is 58.4 Å². The number of aliphatic hydroxyl groups excluding tert-OH is 1. The van der Waals surface area contributed by atoms with E-state index in [9.17, 15) is 9.50 Å². The van der Waals surface area contributed by atoms with Crippen molar-refractivity contribution in [1.82, 2.24) is 0 Å². The number of hydrogen-bond donors (Lipinski definition) is 1. The maximum atomic E-state index is 13.2. The molecule has 3 nitrogen and oxygen atoms in total. The number of hydrogen-bond acceptors (Lipinski definition) is 3. The average Bonchev–Trinajstić information content (AvgIpc) is 2.46. The number of halogens is 2. The zero-order valence-electron chi connectivity index (χ0n) is 10.5. The van der Waals surface area contributed by atoms with Gasteiger partial charge in [0, 0.05) is 0 Å². The molecule has 1 aliphatic rings. The Labute approximate surface area is 120 Å². The quantitative estimate of drug-likeness (QED) is 0.923. The van der Waals surface area contributed by atoms with Gasteiger partial charge in [0.1, 0.15) is 25.1 Å². The third kappa shape index (κ3) is 2.44. The minimum Gasteiger partial charge on any atom is -0.486 e. The molecule has 0 amide bonds. The van der Waals surface area contributed by atoms with Crippen LogP contribution in [0.25, 0.3) is 0 Å². The Kier molecular flexibility index (Phi) is 3.51. The van der Waals surface area contributed by atoms with Gasteiger partial charge in [-0.05, 0) is 35.4 Å². The minimum atomic E-state index is -0.973. The van der Waals surface area contributed by atoms with Crippen molar-refractivity contribution in [2.75, 3.05) is 13.2 Å². The molecule has 1 atom stereocenters. The number of aliphatic hydroxyl groups is 1. The molecule has 1 N–H and O–H groups in total. The lowest BCUT2D eigenvalue weighted by atomic mass is 10.0. The van der Waals surface area contributed by atoms with Crippen LogP contribution in [0.3, 0.4) is 0 Å². The molecule has 0 saturated carbocycles. The molecule has 20 heavy (non-hydrogen) atoms. The van der Waals surface area contributed by atoms with E-state index in [1.807, 2.05) is 0 Å². The summed E-state index contributed by atoms with van der Waals surface area (Å²) in [5, 5.41) is 10.7. The van der Waals surface area contributed by atoms with Crippen molar-refractivity contribution in [1.29, 1.82) is 0 Å². The molecule has 2 aromatic rings. The highest BCUT2D eigenvalue weighted by Gasteiger charge is 2.20. The lowest BCUT2D eigenvalue weighted by molar-refractivity contribution is 0.170. The molecule has 1 heterocycles. The third-order valence-electron chi connectivity index (χ3n) is 3.10. The Balaban J connectivity index is 2.00. The van der Waals surface area contributed by atoms with Crippen molar-refractivity contribution < 1.29 is 19.0 Å². The van der Waals surface area contributed by atoms with Crippen LogP contribution in [0.2, 0.25) is 5.02 Å². The fourth-order valence-corrected chi connectivity index (χ4v) is 2.43. The second kappa shape index (κ2) is 5.31. The van der Waals surface area contributed by atoms with Gasteiger partial charge in [-0.3, -0.25) is 0 Å². The second-order valence-electron chi connectivity index (χ2n) is 4.48. The van der Waals surface area contributed by atoms with Crippen LogP contribution in [0.4, 0.5) is 4.39 Å². The maximum absolute atomic E-state index is 13.2. The van der Waals surface area contributed by atoms with E-state index in [0.29, 0.717) is 40.9 Å². The van der Waals surface area contributed by atoms with Gasteiger partial charge < -0.3 is 14.6 Å². The van der Waals surface area contributed by atoms with Gasteiger partial charge in [-0.25, -0.2) is 4.39 Å². The van der Waals surface area contributed by atoms with Crippen LogP contribution >= 0.6 is 11.6 Å². The van der Waals surface area contributed by atoms with E-state index >= 15 is 0 Å². The summed E-state index contributed by atoms with van der Waals surface area (Å²) in [7, 11) is 0. The molecule has 2 aromatic carbocycles. The predicted molar refractivity (Wildman–Crippen MR) is 72.9 cm³/mol. The van der Waals surface area contributed by atoms with Gasteiger partial charge in [-0.2, -0.15) is 0 Å². The minimum absolute atomic E-state index is 0.368.